The van der Waals surface area contributed by atoms with Gasteiger partial charge < -0.3 is 9.30 Å². The first-order valence-electron chi connectivity index (χ1n) is 4.81. The number of hydrogen-bond donors (Lipinski definition) is 0. The zero-order valence-corrected chi connectivity index (χ0v) is 8.93. The number of carbonyl (C=O) groups is 1. The summed E-state index contributed by atoms with van der Waals surface area (Å²) in [7, 11) is 1.37. The van der Waals surface area contributed by atoms with Crippen molar-refractivity contribution in [2.45, 2.75) is 0 Å². The Morgan fingerprint density at radius 1 is 1.50 bits per heavy atom. The van der Waals surface area contributed by atoms with Gasteiger partial charge in [-0.2, -0.15) is 0 Å². The molecule has 2 aromatic rings. The van der Waals surface area contributed by atoms with Crippen LogP contribution in [0.25, 0.3) is 17.1 Å². The summed E-state index contributed by atoms with van der Waals surface area (Å²) < 4.78 is 6.53. The first-order valence-corrected chi connectivity index (χ1v) is 4.81. The minimum atomic E-state index is -0.340. The molecule has 0 unspecified atom stereocenters. The molecule has 0 aliphatic carbocycles. The van der Waals surface area contributed by atoms with Crippen LogP contribution < -0.4 is 0 Å². The Morgan fingerprint density at radius 2 is 2.25 bits per heavy atom. The molecule has 0 aliphatic rings. The number of carbonyl (C=O) groups excluding carboxylic acids is 1. The molecule has 0 saturated heterocycles. The van der Waals surface area contributed by atoms with E-state index in [1.807, 2.05) is 24.3 Å². The zero-order valence-electron chi connectivity index (χ0n) is 8.93. The molecule has 2 rings (SSSR count). The zero-order chi connectivity index (χ0) is 11.5. The summed E-state index contributed by atoms with van der Waals surface area (Å²) in [6, 6.07) is 7.61. The highest BCUT2D eigenvalue weighted by Crippen LogP contribution is 2.21. The third-order valence-corrected chi connectivity index (χ3v) is 2.38. The van der Waals surface area contributed by atoms with Gasteiger partial charge >= 0.3 is 5.97 Å². The summed E-state index contributed by atoms with van der Waals surface area (Å²) in [5, 5.41) is 0.862. The molecule has 80 valence electrons. The number of fused-ring (bicyclic) bond motifs is 1. The number of para-hydroxylation sites is 1. The number of nitrogens with zero attached hydrogens (tertiary/aromatic N) is 1. The lowest BCUT2D eigenvalue weighted by atomic mass is 10.2. The van der Waals surface area contributed by atoms with Crippen LogP contribution in [0.1, 0.15) is 10.4 Å². The minimum Gasteiger partial charge on any atom is -0.465 e. The lowest BCUT2D eigenvalue weighted by molar-refractivity contribution is 0.0603. The molecule has 1 aromatic heterocycles. The molecule has 0 bridgehead atoms. The highest BCUT2D eigenvalue weighted by molar-refractivity contribution is 6.04. The molecular weight excluding hydrogens is 202 g/mol. The van der Waals surface area contributed by atoms with Crippen molar-refractivity contribution < 1.29 is 9.53 Å². The quantitative estimate of drug-likeness (QED) is 0.567. The average molecular weight is 213 g/mol. The van der Waals surface area contributed by atoms with Crippen LogP contribution in [0, 0.1) is 0 Å². The van der Waals surface area contributed by atoms with E-state index in [1.165, 1.54) is 7.11 Å². The molecule has 1 aromatic carbocycles. The number of ether oxygens (including phenoxy) is 1. The second-order valence-electron chi connectivity index (χ2n) is 3.29. The van der Waals surface area contributed by atoms with Crippen molar-refractivity contribution in [3.8, 4) is 0 Å². The lowest BCUT2D eigenvalue weighted by Gasteiger charge is -1.95. The van der Waals surface area contributed by atoms with Crippen LogP contribution in [0.3, 0.4) is 0 Å². The van der Waals surface area contributed by atoms with Gasteiger partial charge in [0.2, 0.25) is 0 Å². The molecule has 0 N–H and O–H groups in total. The molecule has 16 heavy (non-hydrogen) atoms. The topological polar surface area (TPSA) is 31.2 Å². The summed E-state index contributed by atoms with van der Waals surface area (Å²) in [6.45, 7) is 3.52. The normalized spacial score (nSPS) is 9.81. The third-order valence-electron chi connectivity index (χ3n) is 2.38. The van der Waals surface area contributed by atoms with E-state index in [4.69, 9.17) is 4.74 Å². The summed E-state index contributed by atoms with van der Waals surface area (Å²) in [5.41, 5.74) is 4.16. The van der Waals surface area contributed by atoms with Crippen LogP contribution in [0.4, 0.5) is 0 Å². The van der Waals surface area contributed by atoms with Crippen LogP contribution in [0.2, 0.25) is 0 Å². The first kappa shape index (κ1) is 10.3. The fourth-order valence-electron chi connectivity index (χ4n) is 1.68. The Bertz CT molecular complexity index is 589. The maximum Gasteiger partial charge on any atom is 0.340 e. The molecule has 3 nitrogen and oxygen atoms in total. The highest BCUT2D eigenvalue weighted by atomic mass is 16.5. The number of hydrogen-bond acceptors (Lipinski definition) is 2. The minimum absolute atomic E-state index is 0.340. The average Bonchev–Trinajstić information content (AvgIpc) is 2.68. The fourth-order valence-corrected chi connectivity index (χ4v) is 1.68. The van der Waals surface area contributed by atoms with Crippen molar-refractivity contribution in [3.63, 3.8) is 0 Å². The monoisotopic (exact) mass is 213 g/mol. The van der Waals surface area contributed by atoms with E-state index < -0.39 is 0 Å². The fraction of sp³-hybridized carbons (Fsp3) is 0.0769. The van der Waals surface area contributed by atoms with Crippen molar-refractivity contribution in [1.29, 1.82) is 0 Å². The van der Waals surface area contributed by atoms with Crippen molar-refractivity contribution in [2.24, 2.45) is 0 Å². The van der Waals surface area contributed by atoms with E-state index in [1.54, 1.807) is 17.0 Å². The van der Waals surface area contributed by atoms with Gasteiger partial charge in [0.05, 0.1) is 24.4 Å². The van der Waals surface area contributed by atoms with Crippen molar-refractivity contribution in [3.05, 3.63) is 48.3 Å². The molecule has 0 radical (unpaired) electrons. The van der Waals surface area contributed by atoms with Gasteiger partial charge in [0.1, 0.15) is 0 Å². The molecule has 0 amide bonds. The second-order valence-corrected chi connectivity index (χ2v) is 3.29. The van der Waals surface area contributed by atoms with Gasteiger partial charge in [0.25, 0.3) is 0 Å². The predicted octanol–water partition coefficient (Wildman–Crippen LogP) is 2.68. The number of aromatic nitrogens is 1. The first-order chi connectivity index (χ1) is 7.77. The maximum absolute atomic E-state index is 11.6. The molecule has 0 fully saturated rings. The third kappa shape index (κ3) is 1.53. The summed E-state index contributed by atoms with van der Waals surface area (Å²) in [5.74, 6) is -0.340. The summed E-state index contributed by atoms with van der Waals surface area (Å²) in [6.07, 6.45) is 3.39. The van der Waals surface area contributed by atoms with Crippen LogP contribution in [-0.2, 0) is 4.74 Å². The van der Waals surface area contributed by atoms with Crippen molar-refractivity contribution >= 4 is 23.1 Å². The van der Waals surface area contributed by atoms with Crippen molar-refractivity contribution in [2.75, 3.05) is 7.11 Å². The lowest BCUT2D eigenvalue weighted by Crippen LogP contribution is -1.99. The molecule has 3 heteroatoms. The Morgan fingerprint density at radius 3 is 2.94 bits per heavy atom. The molecule has 0 spiro atoms. The predicted molar refractivity (Wildman–Crippen MR) is 63.2 cm³/mol. The standard InChI is InChI=1S/C13H11NO2/c1-3-8-14-9-11(13(15)16-2)10-6-4-5-7-12(10)14/h4-9H,1H2,2H3. The Balaban J connectivity index is 2.76. The van der Waals surface area contributed by atoms with Gasteiger partial charge in [0.15, 0.2) is 0 Å². The van der Waals surface area contributed by atoms with E-state index in [9.17, 15) is 4.79 Å². The highest BCUT2D eigenvalue weighted by Gasteiger charge is 2.13. The van der Waals surface area contributed by atoms with Crippen LogP contribution >= 0.6 is 0 Å². The number of esters is 1. The Labute approximate surface area is 93.3 Å². The van der Waals surface area contributed by atoms with E-state index >= 15 is 0 Å². The van der Waals surface area contributed by atoms with Gasteiger partial charge in [-0.3, -0.25) is 0 Å². The number of methoxy groups -OCH3 is 1. The van der Waals surface area contributed by atoms with E-state index in [2.05, 4.69) is 12.3 Å². The Kier molecular flexibility index (Phi) is 2.63. The number of benzene rings is 1. The molecular formula is C13H11NO2. The second kappa shape index (κ2) is 4.09. The smallest absolute Gasteiger partial charge is 0.340 e. The van der Waals surface area contributed by atoms with Gasteiger partial charge in [-0.05, 0) is 6.07 Å². The van der Waals surface area contributed by atoms with Gasteiger partial charge in [0, 0.05) is 11.6 Å². The Hall–Kier alpha value is -2.25. The maximum atomic E-state index is 11.6. The molecule has 0 aliphatic heterocycles. The van der Waals surface area contributed by atoms with Crippen LogP contribution in [0.5, 0.6) is 0 Å². The largest absolute Gasteiger partial charge is 0.465 e. The van der Waals surface area contributed by atoms with E-state index in [0.29, 0.717) is 5.56 Å². The van der Waals surface area contributed by atoms with E-state index in [-0.39, 0.29) is 5.97 Å². The summed E-state index contributed by atoms with van der Waals surface area (Å²) in [4.78, 5) is 11.6. The SMILES string of the molecule is C=C=Cn1cc(C(=O)OC)c2ccccc21. The van der Waals surface area contributed by atoms with Gasteiger partial charge in [-0.25, -0.2) is 4.79 Å². The van der Waals surface area contributed by atoms with Crippen LogP contribution in [-0.4, -0.2) is 17.6 Å². The van der Waals surface area contributed by atoms with E-state index in [0.717, 1.165) is 10.9 Å². The summed E-state index contributed by atoms with van der Waals surface area (Å²) >= 11 is 0. The van der Waals surface area contributed by atoms with Gasteiger partial charge in [-0.1, -0.05) is 24.8 Å². The molecule has 1 heterocycles. The molecule has 0 saturated carbocycles. The van der Waals surface area contributed by atoms with Gasteiger partial charge in [-0.15, -0.1) is 5.73 Å². The van der Waals surface area contributed by atoms with Crippen molar-refractivity contribution in [1.82, 2.24) is 4.57 Å². The molecule has 0 atom stereocenters. The number of rotatable bonds is 2. The van der Waals surface area contributed by atoms with Crippen LogP contribution in [0.15, 0.2) is 42.8 Å².